The van der Waals surface area contributed by atoms with Gasteiger partial charge in [0.25, 0.3) is 5.91 Å². The van der Waals surface area contributed by atoms with Crippen molar-refractivity contribution in [3.8, 4) is 17.2 Å². The number of morpholine rings is 1. The van der Waals surface area contributed by atoms with Gasteiger partial charge < -0.3 is 34.1 Å². The zero-order valence-corrected chi connectivity index (χ0v) is 26.8. The predicted octanol–water partition coefficient (Wildman–Crippen LogP) is 5.81. The Bertz CT molecular complexity index is 1580. The summed E-state index contributed by atoms with van der Waals surface area (Å²) < 4.78 is 22.3. The largest absolute Gasteiger partial charge is 0.493 e. The summed E-state index contributed by atoms with van der Waals surface area (Å²) in [5, 5.41) is 3.08. The molecule has 0 aliphatic carbocycles. The van der Waals surface area contributed by atoms with Crippen molar-refractivity contribution in [2.24, 2.45) is 0 Å². The molecule has 1 aliphatic heterocycles. The van der Waals surface area contributed by atoms with Gasteiger partial charge in [-0.3, -0.25) is 9.59 Å². The first-order chi connectivity index (χ1) is 22.4. The minimum absolute atomic E-state index is 0.120. The second kappa shape index (κ2) is 15.3. The van der Waals surface area contributed by atoms with E-state index in [4.69, 9.17) is 18.9 Å². The molecule has 46 heavy (non-hydrogen) atoms. The Kier molecular flexibility index (Phi) is 10.8. The summed E-state index contributed by atoms with van der Waals surface area (Å²) in [4.78, 5) is 32.6. The third kappa shape index (κ3) is 7.79. The van der Waals surface area contributed by atoms with Crippen LogP contribution >= 0.6 is 0 Å². The lowest BCUT2D eigenvalue weighted by Gasteiger charge is -2.32. The van der Waals surface area contributed by atoms with E-state index >= 15 is 0 Å². The van der Waals surface area contributed by atoms with Crippen LogP contribution in [0.2, 0.25) is 0 Å². The standard InChI is InChI=1S/C37H41N3O6/c1-26-10-12-28(13-11-26)25-40(34(41)22-27-8-6-5-7-9-27)35(29-23-32(43-2)36(45-4)33(24-29)44-3)37(42)38-30-14-16-31(17-15-30)39-18-20-46-21-19-39/h5-17,23-24,35H,18-22,25H2,1-4H3,(H,38,42). The summed E-state index contributed by atoms with van der Waals surface area (Å²) in [6, 6.07) is 27.6. The van der Waals surface area contributed by atoms with Crippen LogP contribution in [-0.4, -0.2) is 64.3 Å². The van der Waals surface area contributed by atoms with Crippen molar-refractivity contribution < 1.29 is 28.5 Å². The van der Waals surface area contributed by atoms with Gasteiger partial charge in [-0.25, -0.2) is 0 Å². The normalized spacial score (nSPS) is 13.4. The monoisotopic (exact) mass is 623 g/mol. The maximum Gasteiger partial charge on any atom is 0.251 e. The molecule has 2 amide bonds. The van der Waals surface area contributed by atoms with Crippen LogP contribution in [0.5, 0.6) is 17.2 Å². The fourth-order valence-electron chi connectivity index (χ4n) is 5.61. The van der Waals surface area contributed by atoms with Gasteiger partial charge in [0.15, 0.2) is 11.5 Å². The van der Waals surface area contributed by atoms with Gasteiger partial charge in [0, 0.05) is 31.0 Å². The summed E-state index contributed by atoms with van der Waals surface area (Å²) in [5.74, 6) is 0.586. The first-order valence-corrected chi connectivity index (χ1v) is 15.3. The van der Waals surface area contributed by atoms with E-state index in [2.05, 4.69) is 10.2 Å². The minimum Gasteiger partial charge on any atom is -0.493 e. The van der Waals surface area contributed by atoms with Crippen LogP contribution in [0.25, 0.3) is 0 Å². The SMILES string of the molecule is COc1cc(C(C(=O)Nc2ccc(N3CCOCC3)cc2)N(Cc2ccc(C)cc2)C(=O)Cc2ccccc2)cc(OC)c1OC. The highest BCUT2D eigenvalue weighted by Crippen LogP contribution is 2.41. The van der Waals surface area contributed by atoms with Crippen LogP contribution in [0.3, 0.4) is 0 Å². The van der Waals surface area contributed by atoms with Gasteiger partial charge in [0.1, 0.15) is 6.04 Å². The van der Waals surface area contributed by atoms with Crippen molar-refractivity contribution in [3.05, 3.63) is 113 Å². The lowest BCUT2D eigenvalue weighted by atomic mass is 10.00. The summed E-state index contributed by atoms with van der Waals surface area (Å²) in [6.45, 7) is 5.21. The molecule has 1 N–H and O–H groups in total. The molecule has 4 aromatic rings. The number of nitrogens with one attached hydrogen (secondary N) is 1. The molecule has 1 saturated heterocycles. The fourth-order valence-corrected chi connectivity index (χ4v) is 5.61. The van der Waals surface area contributed by atoms with Gasteiger partial charge >= 0.3 is 0 Å². The second-order valence-corrected chi connectivity index (χ2v) is 11.2. The molecule has 9 nitrogen and oxygen atoms in total. The van der Waals surface area contributed by atoms with Gasteiger partial charge in [0.2, 0.25) is 11.7 Å². The molecular formula is C37H41N3O6. The maximum absolute atomic E-state index is 14.5. The number of hydrogen-bond donors (Lipinski definition) is 1. The van der Waals surface area contributed by atoms with E-state index in [1.165, 1.54) is 21.3 Å². The molecule has 5 rings (SSSR count). The maximum atomic E-state index is 14.5. The molecule has 1 fully saturated rings. The number of carbonyl (C=O) groups is 2. The van der Waals surface area contributed by atoms with E-state index in [1.807, 2.05) is 85.8 Å². The number of carbonyl (C=O) groups excluding carboxylic acids is 2. The number of amides is 2. The van der Waals surface area contributed by atoms with Gasteiger partial charge in [-0.15, -0.1) is 0 Å². The number of aryl methyl sites for hydroxylation is 1. The van der Waals surface area contributed by atoms with Crippen LogP contribution in [0, 0.1) is 6.92 Å². The van der Waals surface area contributed by atoms with E-state index in [9.17, 15) is 9.59 Å². The number of benzene rings is 4. The van der Waals surface area contributed by atoms with Crippen molar-refractivity contribution in [2.75, 3.05) is 57.8 Å². The van der Waals surface area contributed by atoms with Crippen LogP contribution in [0.4, 0.5) is 11.4 Å². The van der Waals surface area contributed by atoms with Crippen LogP contribution in [0.15, 0.2) is 91.0 Å². The lowest BCUT2D eigenvalue weighted by Crippen LogP contribution is -2.41. The highest BCUT2D eigenvalue weighted by molar-refractivity contribution is 5.98. The minimum atomic E-state index is -1.04. The molecule has 0 spiro atoms. The van der Waals surface area contributed by atoms with E-state index in [0.717, 1.165) is 35.5 Å². The fraction of sp³-hybridized carbons (Fsp3) is 0.297. The summed E-state index contributed by atoms with van der Waals surface area (Å²) in [7, 11) is 4.57. The Morgan fingerprint density at radius 2 is 1.46 bits per heavy atom. The van der Waals surface area contributed by atoms with Gasteiger partial charge in [0.05, 0.1) is 41.0 Å². The summed E-state index contributed by atoms with van der Waals surface area (Å²) >= 11 is 0. The first kappa shape index (κ1) is 32.4. The molecule has 240 valence electrons. The van der Waals surface area contributed by atoms with E-state index < -0.39 is 6.04 Å². The van der Waals surface area contributed by atoms with Crippen molar-refractivity contribution >= 4 is 23.2 Å². The molecule has 0 radical (unpaired) electrons. The molecular weight excluding hydrogens is 582 g/mol. The smallest absolute Gasteiger partial charge is 0.251 e. The second-order valence-electron chi connectivity index (χ2n) is 11.2. The number of nitrogens with zero attached hydrogens (tertiary/aromatic N) is 2. The number of methoxy groups -OCH3 is 3. The predicted molar refractivity (Wildman–Crippen MR) is 179 cm³/mol. The zero-order valence-electron chi connectivity index (χ0n) is 26.8. The third-order valence-electron chi connectivity index (χ3n) is 8.07. The topological polar surface area (TPSA) is 89.6 Å². The number of rotatable bonds is 12. The Morgan fingerprint density at radius 3 is 2.04 bits per heavy atom. The van der Waals surface area contributed by atoms with Crippen molar-refractivity contribution in [1.82, 2.24) is 4.90 Å². The third-order valence-corrected chi connectivity index (χ3v) is 8.07. The van der Waals surface area contributed by atoms with Gasteiger partial charge in [-0.05, 0) is 60.0 Å². The Balaban J connectivity index is 1.56. The van der Waals surface area contributed by atoms with E-state index in [1.54, 1.807) is 17.0 Å². The summed E-state index contributed by atoms with van der Waals surface area (Å²) in [6.07, 6.45) is 0.120. The molecule has 1 heterocycles. The Labute approximate surface area is 270 Å². The molecule has 9 heteroatoms. The highest BCUT2D eigenvalue weighted by atomic mass is 16.5. The Hall–Kier alpha value is -5.02. The van der Waals surface area contributed by atoms with E-state index in [-0.39, 0.29) is 24.8 Å². The quantitative estimate of drug-likeness (QED) is 0.213. The van der Waals surface area contributed by atoms with Crippen LogP contribution in [0.1, 0.15) is 28.3 Å². The molecule has 0 saturated carbocycles. The van der Waals surface area contributed by atoms with Crippen molar-refractivity contribution in [1.29, 1.82) is 0 Å². The average molecular weight is 624 g/mol. The first-order valence-electron chi connectivity index (χ1n) is 15.3. The molecule has 1 aliphatic rings. The van der Waals surface area contributed by atoms with Crippen LogP contribution < -0.4 is 24.4 Å². The lowest BCUT2D eigenvalue weighted by molar-refractivity contribution is -0.139. The summed E-state index contributed by atoms with van der Waals surface area (Å²) in [5.41, 5.74) is 5.04. The molecule has 4 aromatic carbocycles. The van der Waals surface area contributed by atoms with E-state index in [0.29, 0.717) is 41.7 Å². The molecule has 1 atom stereocenters. The Morgan fingerprint density at radius 1 is 0.826 bits per heavy atom. The van der Waals surface area contributed by atoms with Gasteiger partial charge in [-0.1, -0.05) is 60.2 Å². The number of hydrogen-bond acceptors (Lipinski definition) is 7. The average Bonchev–Trinajstić information content (AvgIpc) is 3.09. The highest BCUT2D eigenvalue weighted by Gasteiger charge is 2.33. The zero-order chi connectivity index (χ0) is 32.5. The number of anilines is 2. The molecule has 0 bridgehead atoms. The molecule has 0 aromatic heterocycles. The van der Waals surface area contributed by atoms with Crippen molar-refractivity contribution in [2.45, 2.75) is 25.9 Å². The molecule has 1 unspecified atom stereocenters. The van der Waals surface area contributed by atoms with Gasteiger partial charge in [-0.2, -0.15) is 0 Å². The number of ether oxygens (including phenoxy) is 4. The van der Waals surface area contributed by atoms with Crippen LogP contribution in [-0.2, 0) is 27.3 Å². The van der Waals surface area contributed by atoms with Crippen molar-refractivity contribution in [3.63, 3.8) is 0 Å².